The molecule has 0 atom stereocenters. The number of amides is 2. The Labute approximate surface area is 105 Å². The lowest BCUT2D eigenvalue weighted by atomic mass is 10.4. The number of H-pyrrole nitrogens is 2. The monoisotopic (exact) mass is 244 g/mol. The second-order valence-electron chi connectivity index (χ2n) is 4.07. The van der Waals surface area contributed by atoms with Crippen molar-refractivity contribution >= 4 is 17.7 Å². The smallest absolute Gasteiger partial charge is 0.245 e. The van der Waals surface area contributed by atoms with E-state index in [0.29, 0.717) is 11.6 Å². The fraction of sp³-hybridized carbons (Fsp3) is 0.154. The number of urea groups is 1. The lowest BCUT2D eigenvalue weighted by Crippen LogP contribution is -2.28. The predicted octanol–water partition coefficient (Wildman–Crippen LogP) is 1.58. The zero-order valence-electron chi connectivity index (χ0n) is 10.4. The Balaban J connectivity index is 2.01. The van der Waals surface area contributed by atoms with Crippen molar-refractivity contribution < 1.29 is 14.8 Å². The fourth-order valence-corrected chi connectivity index (χ4v) is 1.59. The molecule has 5 nitrogen and oxygen atoms in total. The Morgan fingerprint density at radius 1 is 0.889 bits per heavy atom. The first-order valence-electron chi connectivity index (χ1n) is 5.69. The third-order valence-electron chi connectivity index (χ3n) is 2.38. The molecule has 2 aromatic heterocycles. The fourth-order valence-electron chi connectivity index (χ4n) is 1.59. The van der Waals surface area contributed by atoms with E-state index in [1.807, 2.05) is 38.1 Å². The summed E-state index contributed by atoms with van der Waals surface area (Å²) in [6, 6.07) is 10.9. The van der Waals surface area contributed by atoms with Crippen molar-refractivity contribution in [2.24, 2.45) is 0 Å². The first kappa shape index (κ1) is 12.0. The van der Waals surface area contributed by atoms with Crippen molar-refractivity contribution in [1.29, 1.82) is 0 Å². The van der Waals surface area contributed by atoms with Crippen LogP contribution in [0.15, 0.2) is 36.4 Å². The van der Waals surface area contributed by atoms with Crippen LogP contribution in [0.2, 0.25) is 0 Å². The number of nitrogens with one attached hydrogen (secondary N) is 4. The molecule has 2 aromatic rings. The highest BCUT2D eigenvalue weighted by Gasteiger charge is 2.16. The molecular weight excluding hydrogens is 228 g/mol. The number of rotatable bonds is 2. The Bertz CT molecular complexity index is 519. The van der Waals surface area contributed by atoms with Crippen LogP contribution >= 0.6 is 0 Å². The van der Waals surface area contributed by atoms with E-state index in [1.165, 1.54) is 0 Å². The highest BCUT2D eigenvalue weighted by atomic mass is 16.2. The number of anilines is 2. The highest BCUT2D eigenvalue weighted by molar-refractivity contribution is 5.97. The van der Waals surface area contributed by atoms with Gasteiger partial charge in [-0.25, -0.2) is 9.97 Å². The van der Waals surface area contributed by atoms with Crippen molar-refractivity contribution in [3.8, 4) is 0 Å². The van der Waals surface area contributed by atoms with Gasteiger partial charge in [-0.3, -0.25) is 0 Å². The summed E-state index contributed by atoms with van der Waals surface area (Å²) in [5, 5.41) is 5.45. The lowest BCUT2D eigenvalue weighted by Gasteiger charge is -1.97. The van der Waals surface area contributed by atoms with E-state index in [0.717, 1.165) is 11.4 Å². The van der Waals surface area contributed by atoms with Crippen LogP contribution in [0, 0.1) is 13.8 Å². The van der Waals surface area contributed by atoms with Crippen molar-refractivity contribution in [2.75, 3.05) is 10.6 Å². The van der Waals surface area contributed by atoms with Gasteiger partial charge in [-0.1, -0.05) is 12.1 Å². The molecular formula is C13H16N4O+2. The van der Waals surface area contributed by atoms with Crippen molar-refractivity contribution in [3.63, 3.8) is 0 Å². The molecule has 0 unspecified atom stereocenters. The molecule has 0 saturated heterocycles. The van der Waals surface area contributed by atoms with Gasteiger partial charge in [0, 0.05) is 12.1 Å². The van der Waals surface area contributed by atoms with Crippen LogP contribution in [0.1, 0.15) is 11.4 Å². The van der Waals surface area contributed by atoms with E-state index in [-0.39, 0.29) is 6.03 Å². The summed E-state index contributed by atoms with van der Waals surface area (Å²) in [5.41, 5.74) is 1.96. The third kappa shape index (κ3) is 3.28. The van der Waals surface area contributed by atoms with Gasteiger partial charge < -0.3 is 0 Å². The van der Waals surface area contributed by atoms with Crippen LogP contribution < -0.4 is 20.6 Å². The summed E-state index contributed by atoms with van der Waals surface area (Å²) in [4.78, 5) is 17.8. The topological polar surface area (TPSA) is 69.4 Å². The number of aromatic amines is 2. The van der Waals surface area contributed by atoms with E-state index in [1.54, 1.807) is 12.1 Å². The number of carbonyl (C=O) groups is 1. The first-order valence-corrected chi connectivity index (χ1v) is 5.69. The molecule has 18 heavy (non-hydrogen) atoms. The second-order valence-corrected chi connectivity index (χ2v) is 4.07. The Morgan fingerprint density at radius 2 is 1.33 bits per heavy atom. The summed E-state index contributed by atoms with van der Waals surface area (Å²) >= 11 is 0. The van der Waals surface area contributed by atoms with E-state index in [4.69, 9.17) is 0 Å². The summed E-state index contributed by atoms with van der Waals surface area (Å²) in [7, 11) is 0. The van der Waals surface area contributed by atoms with Gasteiger partial charge in [0.2, 0.25) is 0 Å². The van der Waals surface area contributed by atoms with Gasteiger partial charge in [0.05, 0.1) is 11.4 Å². The van der Waals surface area contributed by atoms with Crippen LogP contribution in [-0.4, -0.2) is 6.03 Å². The minimum Gasteiger partial charge on any atom is -0.245 e. The SMILES string of the molecule is Cc1cccc(NC(=O)Nc2cccc(C)[nH+]2)[nH+]1. The third-order valence-corrected chi connectivity index (χ3v) is 2.38. The molecule has 92 valence electrons. The quantitative estimate of drug-likeness (QED) is 0.827. The molecule has 0 spiro atoms. The van der Waals surface area contributed by atoms with Crippen LogP contribution in [0.3, 0.4) is 0 Å². The van der Waals surface area contributed by atoms with Gasteiger partial charge in [-0.15, -0.1) is 0 Å². The maximum atomic E-state index is 11.7. The zero-order chi connectivity index (χ0) is 13.0. The van der Waals surface area contributed by atoms with Crippen LogP contribution in [0.5, 0.6) is 0 Å². The average molecular weight is 244 g/mol. The summed E-state index contributed by atoms with van der Waals surface area (Å²) < 4.78 is 0. The van der Waals surface area contributed by atoms with Crippen molar-refractivity contribution in [3.05, 3.63) is 47.8 Å². The molecule has 4 N–H and O–H groups in total. The van der Waals surface area contributed by atoms with E-state index >= 15 is 0 Å². The molecule has 0 aromatic carbocycles. The van der Waals surface area contributed by atoms with E-state index < -0.39 is 0 Å². The normalized spacial score (nSPS) is 9.89. The number of carbonyl (C=O) groups excluding carboxylic acids is 1. The van der Waals surface area contributed by atoms with Gasteiger partial charge in [0.1, 0.15) is 0 Å². The molecule has 0 bridgehead atoms. The first-order chi connectivity index (χ1) is 8.63. The van der Waals surface area contributed by atoms with Gasteiger partial charge >= 0.3 is 6.03 Å². The maximum Gasteiger partial charge on any atom is 0.500 e. The van der Waals surface area contributed by atoms with Crippen LogP contribution in [0.25, 0.3) is 0 Å². The summed E-state index contributed by atoms with van der Waals surface area (Å²) in [5.74, 6) is 1.31. The van der Waals surface area contributed by atoms with Gasteiger partial charge in [0.25, 0.3) is 11.6 Å². The molecule has 0 radical (unpaired) electrons. The number of hydrogen-bond donors (Lipinski definition) is 2. The largest absolute Gasteiger partial charge is 0.500 e. The Kier molecular flexibility index (Phi) is 3.52. The molecule has 0 saturated carbocycles. The zero-order valence-corrected chi connectivity index (χ0v) is 10.4. The molecule has 2 rings (SSSR count). The molecule has 0 aliphatic rings. The number of aryl methyl sites for hydroxylation is 2. The maximum absolute atomic E-state index is 11.7. The summed E-state index contributed by atoms with van der Waals surface area (Å²) in [6.07, 6.45) is 0. The highest BCUT2D eigenvalue weighted by Crippen LogP contribution is 2.01. The minimum atomic E-state index is -0.293. The van der Waals surface area contributed by atoms with Crippen molar-refractivity contribution in [1.82, 2.24) is 0 Å². The molecule has 0 aliphatic carbocycles. The Morgan fingerprint density at radius 3 is 1.72 bits per heavy atom. The average Bonchev–Trinajstić information content (AvgIpc) is 2.28. The van der Waals surface area contributed by atoms with Gasteiger partial charge in [-0.2, -0.15) is 15.4 Å². The predicted molar refractivity (Wildman–Crippen MR) is 68.1 cm³/mol. The molecule has 0 aliphatic heterocycles. The van der Waals surface area contributed by atoms with Crippen LogP contribution in [0.4, 0.5) is 16.4 Å². The number of pyridine rings is 2. The van der Waals surface area contributed by atoms with E-state index in [2.05, 4.69) is 20.6 Å². The Hall–Kier alpha value is -2.43. The molecule has 0 fully saturated rings. The molecule has 2 amide bonds. The van der Waals surface area contributed by atoms with Gasteiger partial charge in [-0.05, 0) is 26.0 Å². The standard InChI is InChI=1S/C13H14N4O/c1-9-5-3-7-11(14-9)16-13(18)17-12-8-4-6-10(2)15-12/h3-8H,1-2H3,(H2,14,15,16,17,18)/p+2. The van der Waals surface area contributed by atoms with Crippen LogP contribution in [-0.2, 0) is 0 Å². The molecule has 5 heteroatoms. The summed E-state index contributed by atoms with van der Waals surface area (Å²) in [6.45, 7) is 3.86. The minimum absolute atomic E-state index is 0.293. The lowest BCUT2D eigenvalue weighted by molar-refractivity contribution is -0.370. The number of aromatic nitrogens is 2. The molecule has 2 heterocycles. The number of hydrogen-bond acceptors (Lipinski definition) is 1. The second kappa shape index (κ2) is 5.27. The van der Waals surface area contributed by atoms with Gasteiger partial charge in [0.15, 0.2) is 0 Å². The van der Waals surface area contributed by atoms with E-state index in [9.17, 15) is 4.79 Å². The van der Waals surface area contributed by atoms with Crippen molar-refractivity contribution in [2.45, 2.75) is 13.8 Å².